The minimum atomic E-state index is 0.374. The van der Waals surface area contributed by atoms with Crippen LogP contribution in [0.25, 0.3) is 20.4 Å². The first-order valence-corrected chi connectivity index (χ1v) is 17.2. The Labute approximate surface area is 261 Å². The number of hydrogen-bond acceptors (Lipinski definition) is 10. The molecule has 0 aliphatic heterocycles. The fourth-order valence-electron chi connectivity index (χ4n) is 5.63. The van der Waals surface area contributed by atoms with Gasteiger partial charge in [0.05, 0.1) is 10.8 Å². The van der Waals surface area contributed by atoms with Crippen LogP contribution in [0.2, 0.25) is 0 Å². The van der Waals surface area contributed by atoms with E-state index < -0.39 is 0 Å². The lowest BCUT2D eigenvalue weighted by Crippen LogP contribution is -2.36. The molecule has 12 heteroatoms. The van der Waals surface area contributed by atoms with Crippen molar-refractivity contribution in [2.75, 3.05) is 24.7 Å². The number of aryl methyl sites for hydroxylation is 2. The second-order valence-electron chi connectivity index (χ2n) is 11.1. The molecule has 40 heavy (non-hydrogen) atoms. The summed E-state index contributed by atoms with van der Waals surface area (Å²) in [6.45, 7) is 4.21. The number of nitrogens with zero attached hydrogens (tertiary/aromatic N) is 5. The average Bonchev–Trinajstić information content (AvgIpc) is 3.40. The predicted octanol–water partition coefficient (Wildman–Crippen LogP) is 7.49. The van der Waals surface area contributed by atoms with Crippen LogP contribution in [-0.4, -0.2) is 63.1 Å². The molecular formula is C28H38Br2N8S2. The summed E-state index contributed by atoms with van der Waals surface area (Å²) in [5.74, 6) is 1.92. The Balaban J connectivity index is 0.000000162. The lowest BCUT2D eigenvalue weighted by atomic mass is 9.90. The van der Waals surface area contributed by atoms with Crippen LogP contribution in [0.15, 0.2) is 21.6 Å². The van der Waals surface area contributed by atoms with E-state index in [9.17, 15) is 0 Å². The van der Waals surface area contributed by atoms with Crippen LogP contribution in [-0.2, 0) is 0 Å². The van der Waals surface area contributed by atoms with Gasteiger partial charge in [0, 0.05) is 42.9 Å². The highest BCUT2D eigenvalue weighted by molar-refractivity contribution is 9.11. The van der Waals surface area contributed by atoms with Gasteiger partial charge in [-0.2, -0.15) is 0 Å². The third-order valence-electron chi connectivity index (χ3n) is 8.06. The molecule has 2 fully saturated rings. The van der Waals surface area contributed by atoms with Crippen LogP contribution in [0, 0.1) is 13.8 Å². The zero-order valence-electron chi connectivity index (χ0n) is 23.5. The molecule has 0 bridgehead atoms. The highest BCUT2D eigenvalue weighted by Gasteiger charge is 2.24. The topological polar surface area (TPSA) is 105 Å². The van der Waals surface area contributed by atoms with Crippen molar-refractivity contribution in [3.63, 3.8) is 0 Å². The van der Waals surface area contributed by atoms with Gasteiger partial charge in [-0.05, 0) is 111 Å². The molecule has 4 aromatic rings. The van der Waals surface area contributed by atoms with Gasteiger partial charge in [-0.15, -0.1) is 22.7 Å². The van der Waals surface area contributed by atoms with E-state index >= 15 is 0 Å². The molecule has 216 valence electrons. The van der Waals surface area contributed by atoms with Crippen LogP contribution in [0.1, 0.15) is 61.1 Å². The summed E-state index contributed by atoms with van der Waals surface area (Å²) in [5, 5.41) is 9.46. The summed E-state index contributed by atoms with van der Waals surface area (Å²) in [4.78, 5) is 24.6. The van der Waals surface area contributed by atoms with Gasteiger partial charge in [0.1, 0.15) is 34.0 Å². The maximum absolute atomic E-state index is 5.95. The second kappa shape index (κ2) is 13.2. The van der Waals surface area contributed by atoms with E-state index in [2.05, 4.69) is 95.3 Å². The summed E-state index contributed by atoms with van der Waals surface area (Å²) < 4.78 is 2.25. The highest BCUT2D eigenvalue weighted by Crippen LogP contribution is 2.39. The first-order chi connectivity index (χ1) is 19.2. The Morgan fingerprint density at radius 1 is 0.725 bits per heavy atom. The second-order valence-corrected chi connectivity index (χ2v) is 15.1. The minimum Gasteiger partial charge on any atom is -0.367 e. The van der Waals surface area contributed by atoms with Gasteiger partial charge >= 0.3 is 0 Å². The molecule has 2 aliphatic rings. The van der Waals surface area contributed by atoms with Crippen molar-refractivity contribution in [2.45, 2.75) is 89.4 Å². The SMILES string of the molecule is Cc1sc2ncnc(NC3CCC(N(C)C)CC3)c2c1Br.Cc1sc2ncnc(NC3CCC(N)CC3)c2c1Br. The monoisotopic (exact) mass is 708 g/mol. The van der Waals surface area contributed by atoms with Crippen molar-refractivity contribution >= 4 is 86.6 Å². The van der Waals surface area contributed by atoms with E-state index in [-0.39, 0.29) is 0 Å². The van der Waals surface area contributed by atoms with Crippen molar-refractivity contribution in [1.82, 2.24) is 24.8 Å². The van der Waals surface area contributed by atoms with Gasteiger partial charge in [0.2, 0.25) is 0 Å². The summed E-state index contributed by atoms with van der Waals surface area (Å²) >= 11 is 10.7. The first kappa shape index (κ1) is 30.0. The Kier molecular flexibility index (Phi) is 9.95. The standard InChI is InChI=1S/C15H21BrN4S.C13H17BrN4S/c1-9-13(16)12-14(17-8-18-15(12)21-9)19-10-4-6-11(7-5-10)20(2)3;1-7-11(14)10-12(16-6-17-13(10)19-7)18-9-4-2-8(15)3-5-9/h8,10-11H,4-7H2,1-3H3,(H,17,18,19);6,8-9H,2-5,15H2,1H3,(H,16,17,18). The molecule has 8 nitrogen and oxygen atoms in total. The van der Waals surface area contributed by atoms with Gasteiger partial charge in [0.15, 0.2) is 0 Å². The van der Waals surface area contributed by atoms with Crippen molar-refractivity contribution < 1.29 is 0 Å². The Bertz CT molecular complexity index is 1440. The summed E-state index contributed by atoms with van der Waals surface area (Å²) in [7, 11) is 4.36. The smallest absolute Gasteiger partial charge is 0.139 e. The van der Waals surface area contributed by atoms with Crippen LogP contribution in [0.5, 0.6) is 0 Å². The lowest BCUT2D eigenvalue weighted by molar-refractivity contribution is 0.221. The lowest BCUT2D eigenvalue weighted by Gasteiger charge is -2.33. The van der Waals surface area contributed by atoms with Gasteiger partial charge < -0.3 is 21.3 Å². The number of thiophene rings is 2. The van der Waals surface area contributed by atoms with Crippen molar-refractivity contribution in [1.29, 1.82) is 0 Å². The molecule has 4 N–H and O–H groups in total. The Hall–Kier alpha value is -1.44. The van der Waals surface area contributed by atoms with E-state index in [1.165, 1.54) is 35.4 Å². The molecule has 0 spiro atoms. The van der Waals surface area contributed by atoms with Crippen LogP contribution < -0.4 is 16.4 Å². The predicted molar refractivity (Wildman–Crippen MR) is 177 cm³/mol. The van der Waals surface area contributed by atoms with Gasteiger partial charge in [0.25, 0.3) is 0 Å². The third-order valence-corrected chi connectivity index (χ3v) is 12.6. The number of hydrogen-bond donors (Lipinski definition) is 3. The zero-order valence-corrected chi connectivity index (χ0v) is 28.3. The largest absolute Gasteiger partial charge is 0.367 e. The highest BCUT2D eigenvalue weighted by atomic mass is 79.9. The molecule has 0 unspecified atom stereocenters. The molecule has 6 rings (SSSR count). The normalized spacial score (nSPS) is 23.3. The fraction of sp³-hybridized carbons (Fsp3) is 0.571. The number of fused-ring (bicyclic) bond motifs is 2. The summed E-state index contributed by atoms with van der Waals surface area (Å²) in [6, 6.07) is 2.10. The number of nitrogens with one attached hydrogen (secondary N) is 2. The molecule has 2 aliphatic carbocycles. The minimum absolute atomic E-state index is 0.374. The fourth-order valence-corrected chi connectivity index (χ4v) is 8.89. The molecule has 4 aromatic heterocycles. The molecule has 4 heterocycles. The number of nitrogens with two attached hydrogens (primary N) is 1. The van der Waals surface area contributed by atoms with Gasteiger partial charge in [-0.1, -0.05) is 0 Å². The van der Waals surface area contributed by atoms with Gasteiger partial charge in [-0.3, -0.25) is 0 Å². The quantitative estimate of drug-likeness (QED) is 0.196. The first-order valence-electron chi connectivity index (χ1n) is 14.0. The molecular weight excluding hydrogens is 672 g/mol. The van der Waals surface area contributed by atoms with E-state index in [1.54, 1.807) is 35.3 Å². The molecule has 0 amide bonds. The number of halogens is 2. The third kappa shape index (κ3) is 6.78. The molecule has 0 atom stereocenters. The molecule has 0 aromatic carbocycles. The number of aromatic nitrogens is 4. The van der Waals surface area contributed by atoms with Crippen molar-refractivity contribution in [3.8, 4) is 0 Å². The molecule has 0 saturated heterocycles. The van der Waals surface area contributed by atoms with Gasteiger partial charge in [-0.25, -0.2) is 19.9 Å². The summed E-state index contributed by atoms with van der Waals surface area (Å²) in [5.41, 5.74) is 5.95. The van der Waals surface area contributed by atoms with E-state index in [0.717, 1.165) is 72.7 Å². The summed E-state index contributed by atoms with van der Waals surface area (Å²) in [6.07, 6.45) is 12.6. The van der Waals surface area contributed by atoms with Crippen LogP contribution >= 0.6 is 54.5 Å². The van der Waals surface area contributed by atoms with E-state index in [4.69, 9.17) is 5.73 Å². The Morgan fingerprint density at radius 3 is 1.57 bits per heavy atom. The van der Waals surface area contributed by atoms with E-state index in [1.807, 2.05) is 0 Å². The number of anilines is 2. The maximum atomic E-state index is 5.95. The Morgan fingerprint density at radius 2 is 1.15 bits per heavy atom. The van der Waals surface area contributed by atoms with Crippen LogP contribution in [0.4, 0.5) is 11.6 Å². The van der Waals surface area contributed by atoms with Crippen molar-refractivity contribution in [3.05, 3.63) is 31.4 Å². The average molecular weight is 711 g/mol. The number of rotatable bonds is 5. The van der Waals surface area contributed by atoms with Crippen molar-refractivity contribution in [2.24, 2.45) is 5.73 Å². The van der Waals surface area contributed by atoms with E-state index in [0.29, 0.717) is 18.1 Å². The van der Waals surface area contributed by atoms with Crippen LogP contribution in [0.3, 0.4) is 0 Å². The molecule has 0 radical (unpaired) electrons. The maximum Gasteiger partial charge on any atom is 0.139 e. The zero-order chi connectivity index (χ0) is 28.4. The molecule has 2 saturated carbocycles.